The SMILES string of the molecule is CCOC(=O)CCCCCCCCCCC(=O)ON. The summed E-state index contributed by atoms with van der Waals surface area (Å²) in [5.74, 6) is 4.32. The molecule has 19 heavy (non-hydrogen) atoms. The molecule has 0 radical (unpaired) electrons. The third-order valence-electron chi connectivity index (χ3n) is 2.95. The monoisotopic (exact) mass is 273 g/mol. The van der Waals surface area contributed by atoms with Gasteiger partial charge in [0.1, 0.15) is 0 Å². The minimum atomic E-state index is -0.334. The van der Waals surface area contributed by atoms with E-state index in [0.29, 0.717) is 19.4 Å². The molecule has 0 atom stereocenters. The number of ether oxygens (including phenoxy) is 1. The lowest BCUT2D eigenvalue weighted by Crippen LogP contribution is -2.08. The van der Waals surface area contributed by atoms with Crippen molar-refractivity contribution < 1.29 is 19.2 Å². The van der Waals surface area contributed by atoms with E-state index in [2.05, 4.69) is 4.84 Å². The number of hydrogen-bond acceptors (Lipinski definition) is 5. The highest BCUT2D eigenvalue weighted by molar-refractivity contribution is 5.69. The highest BCUT2D eigenvalue weighted by Crippen LogP contribution is 2.11. The van der Waals surface area contributed by atoms with E-state index in [1.54, 1.807) is 0 Å². The summed E-state index contributed by atoms with van der Waals surface area (Å²) in [6.07, 6.45) is 9.49. The second-order valence-corrected chi connectivity index (χ2v) is 4.62. The van der Waals surface area contributed by atoms with Gasteiger partial charge in [0.2, 0.25) is 0 Å². The maximum absolute atomic E-state index is 11.1. The fourth-order valence-corrected chi connectivity index (χ4v) is 1.89. The summed E-state index contributed by atoms with van der Waals surface area (Å²) in [4.78, 5) is 25.9. The second kappa shape index (κ2) is 13.3. The molecule has 0 aliphatic rings. The highest BCUT2D eigenvalue weighted by atomic mass is 16.7. The van der Waals surface area contributed by atoms with Crippen LogP contribution >= 0.6 is 0 Å². The van der Waals surface area contributed by atoms with Gasteiger partial charge in [0, 0.05) is 12.8 Å². The summed E-state index contributed by atoms with van der Waals surface area (Å²) < 4.78 is 4.86. The Hall–Kier alpha value is -1.10. The van der Waals surface area contributed by atoms with E-state index in [1.165, 1.54) is 12.8 Å². The molecule has 5 nitrogen and oxygen atoms in total. The van der Waals surface area contributed by atoms with Crippen molar-refractivity contribution in [1.82, 2.24) is 0 Å². The average molecular weight is 273 g/mol. The van der Waals surface area contributed by atoms with Crippen molar-refractivity contribution in [3.63, 3.8) is 0 Å². The zero-order valence-corrected chi connectivity index (χ0v) is 12.0. The van der Waals surface area contributed by atoms with E-state index in [1.807, 2.05) is 6.92 Å². The van der Waals surface area contributed by atoms with Gasteiger partial charge < -0.3 is 9.57 Å². The first-order valence-corrected chi connectivity index (χ1v) is 7.26. The van der Waals surface area contributed by atoms with E-state index >= 15 is 0 Å². The zero-order chi connectivity index (χ0) is 14.3. The van der Waals surface area contributed by atoms with Crippen molar-refractivity contribution in [1.29, 1.82) is 0 Å². The molecule has 0 fully saturated rings. The lowest BCUT2D eigenvalue weighted by atomic mass is 10.1. The van der Waals surface area contributed by atoms with Crippen LogP contribution < -0.4 is 5.90 Å². The summed E-state index contributed by atoms with van der Waals surface area (Å²) in [5, 5.41) is 0. The molecule has 0 aromatic heterocycles. The predicted octanol–water partition coefficient (Wildman–Crippen LogP) is 2.87. The Kier molecular flexibility index (Phi) is 12.6. The maximum atomic E-state index is 11.1. The standard InChI is InChI=1S/C14H27NO4/c1-2-18-13(16)11-9-7-5-3-4-6-8-10-12-14(17)19-15/h2-12,15H2,1H3. The van der Waals surface area contributed by atoms with Crippen molar-refractivity contribution in [3.8, 4) is 0 Å². The minimum Gasteiger partial charge on any atom is -0.466 e. The molecule has 0 aromatic carbocycles. The van der Waals surface area contributed by atoms with Gasteiger partial charge in [-0.1, -0.05) is 38.5 Å². The van der Waals surface area contributed by atoms with Crippen LogP contribution in [0.1, 0.15) is 71.1 Å². The summed E-state index contributed by atoms with van der Waals surface area (Å²) in [5.41, 5.74) is 0. The first kappa shape index (κ1) is 17.9. The Balaban J connectivity index is 3.11. The highest BCUT2D eigenvalue weighted by Gasteiger charge is 2.01. The van der Waals surface area contributed by atoms with Crippen LogP contribution in [-0.2, 0) is 19.2 Å². The third-order valence-corrected chi connectivity index (χ3v) is 2.95. The molecule has 0 saturated carbocycles. The number of carbonyl (C=O) groups excluding carboxylic acids is 2. The van der Waals surface area contributed by atoms with Crippen LogP contribution in [-0.4, -0.2) is 18.5 Å². The van der Waals surface area contributed by atoms with Gasteiger partial charge in [-0.15, -0.1) is 0 Å². The van der Waals surface area contributed by atoms with Gasteiger partial charge >= 0.3 is 11.9 Å². The molecule has 0 saturated heterocycles. The molecule has 0 rings (SSSR count). The van der Waals surface area contributed by atoms with Gasteiger partial charge in [-0.05, 0) is 19.8 Å². The van der Waals surface area contributed by atoms with Crippen LogP contribution in [0.5, 0.6) is 0 Å². The lowest BCUT2D eigenvalue weighted by molar-refractivity contribution is -0.144. The van der Waals surface area contributed by atoms with E-state index < -0.39 is 0 Å². The average Bonchev–Trinajstić information content (AvgIpc) is 2.40. The first-order valence-electron chi connectivity index (χ1n) is 7.26. The molecule has 112 valence electrons. The van der Waals surface area contributed by atoms with Crippen LogP contribution in [0, 0.1) is 0 Å². The fraction of sp³-hybridized carbons (Fsp3) is 0.857. The molecule has 0 spiro atoms. The molecule has 0 aliphatic carbocycles. The van der Waals surface area contributed by atoms with Crippen molar-refractivity contribution in [3.05, 3.63) is 0 Å². The van der Waals surface area contributed by atoms with Gasteiger partial charge in [-0.2, -0.15) is 5.90 Å². The smallest absolute Gasteiger partial charge is 0.324 e. The van der Waals surface area contributed by atoms with Crippen molar-refractivity contribution in [2.75, 3.05) is 6.61 Å². The topological polar surface area (TPSA) is 78.6 Å². The predicted molar refractivity (Wildman–Crippen MR) is 73.1 cm³/mol. The number of hydrogen-bond donors (Lipinski definition) is 1. The Bertz CT molecular complexity index is 244. The molecule has 0 aliphatic heterocycles. The molecule has 0 bridgehead atoms. The number of carbonyl (C=O) groups is 2. The Morgan fingerprint density at radius 3 is 1.63 bits per heavy atom. The van der Waals surface area contributed by atoms with Crippen LogP contribution in [0.3, 0.4) is 0 Å². The lowest BCUT2D eigenvalue weighted by Gasteiger charge is -2.03. The molecule has 0 aromatic rings. The molecule has 2 N–H and O–H groups in total. The molecule has 5 heteroatoms. The first-order chi connectivity index (χ1) is 9.20. The maximum Gasteiger partial charge on any atom is 0.324 e. The normalized spacial score (nSPS) is 10.2. The molecule has 0 amide bonds. The summed E-state index contributed by atoms with van der Waals surface area (Å²) in [7, 11) is 0. The largest absolute Gasteiger partial charge is 0.466 e. The Morgan fingerprint density at radius 2 is 1.21 bits per heavy atom. The number of esters is 1. The van der Waals surface area contributed by atoms with Crippen LogP contribution in [0.4, 0.5) is 0 Å². The van der Waals surface area contributed by atoms with E-state index in [4.69, 9.17) is 10.6 Å². The van der Waals surface area contributed by atoms with Crippen molar-refractivity contribution in [2.24, 2.45) is 5.90 Å². The molecular formula is C14H27NO4. The molecule has 0 heterocycles. The number of nitrogens with two attached hydrogens (primary N) is 1. The van der Waals surface area contributed by atoms with Gasteiger partial charge in [-0.25, -0.2) is 0 Å². The molecule has 0 unspecified atom stereocenters. The van der Waals surface area contributed by atoms with Gasteiger partial charge in [0.25, 0.3) is 0 Å². The van der Waals surface area contributed by atoms with Crippen LogP contribution in [0.15, 0.2) is 0 Å². The van der Waals surface area contributed by atoms with E-state index in [9.17, 15) is 9.59 Å². The van der Waals surface area contributed by atoms with E-state index in [-0.39, 0.29) is 11.9 Å². The summed E-state index contributed by atoms with van der Waals surface area (Å²) >= 11 is 0. The van der Waals surface area contributed by atoms with Gasteiger partial charge in [0.05, 0.1) is 6.61 Å². The Labute approximate surface area is 115 Å². The number of unbranched alkanes of at least 4 members (excludes halogenated alkanes) is 7. The summed E-state index contributed by atoms with van der Waals surface area (Å²) in [6.45, 7) is 2.29. The number of rotatable bonds is 12. The Morgan fingerprint density at radius 1 is 0.789 bits per heavy atom. The minimum absolute atomic E-state index is 0.0886. The fourth-order valence-electron chi connectivity index (χ4n) is 1.89. The molecular weight excluding hydrogens is 246 g/mol. The van der Waals surface area contributed by atoms with Crippen LogP contribution in [0.25, 0.3) is 0 Å². The third kappa shape index (κ3) is 13.1. The van der Waals surface area contributed by atoms with E-state index in [0.717, 1.165) is 38.5 Å². The van der Waals surface area contributed by atoms with Crippen molar-refractivity contribution in [2.45, 2.75) is 71.1 Å². The second-order valence-electron chi connectivity index (χ2n) is 4.62. The van der Waals surface area contributed by atoms with Crippen LogP contribution in [0.2, 0.25) is 0 Å². The van der Waals surface area contributed by atoms with Gasteiger partial charge in [-0.3, -0.25) is 9.59 Å². The quantitative estimate of drug-likeness (QED) is 0.336. The summed E-state index contributed by atoms with van der Waals surface area (Å²) in [6, 6.07) is 0. The zero-order valence-electron chi connectivity index (χ0n) is 12.0. The van der Waals surface area contributed by atoms with Crippen molar-refractivity contribution >= 4 is 11.9 Å². The van der Waals surface area contributed by atoms with Gasteiger partial charge in [0.15, 0.2) is 0 Å².